The highest BCUT2D eigenvalue weighted by atomic mass is 79.9. The lowest BCUT2D eigenvalue weighted by Gasteiger charge is -2.13. The highest BCUT2D eigenvalue weighted by Crippen LogP contribution is 2.37. The lowest BCUT2D eigenvalue weighted by molar-refractivity contribution is 0.0977. The topological polar surface area (TPSA) is 81.7 Å². The summed E-state index contributed by atoms with van der Waals surface area (Å²) in [7, 11) is 3.16. The number of anilines is 1. The van der Waals surface area contributed by atoms with Crippen molar-refractivity contribution in [2.45, 2.75) is 0 Å². The third-order valence-corrected chi connectivity index (χ3v) is 5.79. The number of carbonyl (C=O) groups is 1. The predicted molar refractivity (Wildman–Crippen MR) is 139 cm³/mol. The van der Waals surface area contributed by atoms with Gasteiger partial charge >= 0.3 is 0 Å². The third kappa shape index (κ3) is 5.27. The highest BCUT2D eigenvalue weighted by molar-refractivity contribution is 9.10. The number of hydrogen-bond donors (Lipinski definition) is 2. The molecule has 0 aliphatic carbocycles. The van der Waals surface area contributed by atoms with Crippen molar-refractivity contribution in [2.24, 2.45) is 0 Å². The number of benzene rings is 3. The number of aromatic nitrogens is 1. The van der Waals surface area contributed by atoms with Gasteiger partial charge in [0, 0.05) is 27.8 Å². The van der Waals surface area contributed by atoms with Gasteiger partial charge in [-0.05, 0) is 76.7 Å². The molecule has 0 radical (unpaired) electrons. The van der Waals surface area contributed by atoms with Gasteiger partial charge in [0.15, 0.2) is 16.6 Å². The van der Waals surface area contributed by atoms with Crippen LogP contribution in [0.15, 0.2) is 77.4 Å². The van der Waals surface area contributed by atoms with Crippen LogP contribution in [0.5, 0.6) is 23.0 Å². The molecule has 172 valence electrons. The number of ether oxygens (including phenoxy) is 3. The number of halogens is 1. The summed E-state index contributed by atoms with van der Waals surface area (Å²) in [6, 6.07) is 19.8. The van der Waals surface area contributed by atoms with Crippen molar-refractivity contribution < 1.29 is 19.0 Å². The number of pyridine rings is 1. The Morgan fingerprint density at radius 1 is 0.941 bits per heavy atom. The molecule has 2 N–H and O–H groups in total. The SMILES string of the molecule is COc1cc2nccc(Oc3ccc(NC(=S)NC(=O)c4ccccc4Br)cc3)c2cc1OC. The maximum absolute atomic E-state index is 12.4. The number of carbonyl (C=O) groups excluding carboxylic acids is 1. The van der Waals surface area contributed by atoms with Gasteiger partial charge in [-0.2, -0.15) is 0 Å². The van der Waals surface area contributed by atoms with Gasteiger partial charge in [0.1, 0.15) is 11.5 Å². The normalized spacial score (nSPS) is 10.4. The quantitative estimate of drug-likeness (QED) is 0.295. The second kappa shape index (κ2) is 10.5. The third-order valence-electron chi connectivity index (χ3n) is 4.89. The molecular weight excluding hydrogens is 518 g/mol. The minimum absolute atomic E-state index is 0.190. The molecular formula is C25H20BrN3O4S. The van der Waals surface area contributed by atoms with E-state index < -0.39 is 0 Å². The summed E-state index contributed by atoms with van der Waals surface area (Å²) >= 11 is 8.64. The molecule has 0 saturated heterocycles. The fourth-order valence-corrected chi connectivity index (χ4v) is 3.92. The van der Waals surface area contributed by atoms with Gasteiger partial charge in [0.2, 0.25) is 0 Å². The first-order chi connectivity index (χ1) is 16.5. The van der Waals surface area contributed by atoms with Crippen LogP contribution < -0.4 is 24.8 Å². The van der Waals surface area contributed by atoms with Gasteiger partial charge in [0.25, 0.3) is 5.91 Å². The lowest BCUT2D eigenvalue weighted by atomic mass is 10.2. The van der Waals surface area contributed by atoms with Crippen molar-refractivity contribution in [2.75, 3.05) is 19.5 Å². The zero-order chi connectivity index (χ0) is 24.1. The smallest absolute Gasteiger partial charge is 0.258 e. The van der Waals surface area contributed by atoms with E-state index in [0.717, 1.165) is 10.9 Å². The summed E-state index contributed by atoms with van der Waals surface area (Å²) in [5.74, 6) is 2.13. The van der Waals surface area contributed by atoms with Crippen molar-refractivity contribution in [3.05, 3.63) is 83.0 Å². The van der Waals surface area contributed by atoms with E-state index in [2.05, 4.69) is 31.5 Å². The van der Waals surface area contributed by atoms with Crippen LogP contribution in [0.1, 0.15) is 10.4 Å². The van der Waals surface area contributed by atoms with E-state index in [0.29, 0.717) is 38.7 Å². The first-order valence-electron chi connectivity index (χ1n) is 10.1. The van der Waals surface area contributed by atoms with E-state index in [4.69, 9.17) is 26.4 Å². The number of methoxy groups -OCH3 is 2. The summed E-state index contributed by atoms with van der Waals surface area (Å²) in [4.78, 5) is 16.8. The van der Waals surface area contributed by atoms with Crippen molar-refractivity contribution in [1.29, 1.82) is 0 Å². The Bertz CT molecular complexity index is 1360. The van der Waals surface area contributed by atoms with Gasteiger partial charge in [-0.15, -0.1) is 0 Å². The molecule has 7 nitrogen and oxygen atoms in total. The van der Waals surface area contributed by atoms with Crippen molar-refractivity contribution in [1.82, 2.24) is 10.3 Å². The molecule has 0 saturated carbocycles. The van der Waals surface area contributed by atoms with Crippen LogP contribution in [0.2, 0.25) is 0 Å². The van der Waals surface area contributed by atoms with E-state index in [1.807, 2.05) is 12.1 Å². The maximum Gasteiger partial charge on any atom is 0.258 e. The van der Waals surface area contributed by atoms with Crippen LogP contribution in [0.25, 0.3) is 10.9 Å². The van der Waals surface area contributed by atoms with Crippen molar-refractivity contribution in [3.8, 4) is 23.0 Å². The van der Waals surface area contributed by atoms with Gasteiger partial charge in [-0.25, -0.2) is 0 Å². The minimum Gasteiger partial charge on any atom is -0.493 e. The molecule has 0 bridgehead atoms. The number of hydrogen-bond acceptors (Lipinski definition) is 6. The summed E-state index contributed by atoms with van der Waals surface area (Å²) < 4.78 is 17.5. The number of nitrogens with one attached hydrogen (secondary N) is 2. The Morgan fingerprint density at radius 3 is 2.35 bits per heavy atom. The van der Waals surface area contributed by atoms with E-state index in [-0.39, 0.29) is 11.0 Å². The maximum atomic E-state index is 12.4. The average Bonchev–Trinajstić information content (AvgIpc) is 2.84. The Hall–Kier alpha value is -3.69. The largest absolute Gasteiger partial charge is 0.493 e. The van der Waals surface area contributed by atoms with E-state index in [9.17, 15) is 4.79 Å². The standard InChI is InChI=1S/C25H20BrN3O4S/c1-31-22-13-18-20(14-23(22)32-2)27-12-11-21(18)33-16-9-7-15(8-10-16)28-25(34)29-24(30)17-5-3-4-6-19(17)26/h3-14H,1-2H3,(H2,28,29,30,34). The molecule has 0 unspecified atom stereocenters. The molecule has 3 aromatic carbocycles. The number of amides is 1. The lowest BCUT2D eigenvalue weighted by Crippen LogP contribution is -2.34. The molecule has 1 amide bonds. The summed E-state index contributed by atoms with van der Waals surface area (Å²) in [5.41, 5.74) is 1.92. The molecule has 0 fully saturated rings. The van der Waals surface area contributed by atoms with Crippen molar-refractivity contribution in [3.63, 3.8) is 0 Å². The molecule has 9 heteroatoms. The molecule has 0 aliphatic heterocycles. The Morgan fingerprint density at radius 2 is 1.65 bits per heavy atom. The van der Waals surface area contributed by atoms with Crippen LogP contribution in [-0.2, 0) is 0 Å². The molecule has 0 aliphatic rings. The predicted octanol–water partition coefficient (Wildman–Crippen LogP) is 5.93. The molecule has 4 rings (SSSR count). The first-order valence-corrected chi connectivity index (χ1v) is 11.3. The number of fused-ring (bicyclic) bond motifs is 1. The molecule has 34 heavy (non-hydrogen) atoms. The second-order valence-corrected chi connectivity index (χ2v) is 8.31. The van der Waals surface area contributed by atoms with E-state index in [1.165, 1.54) is 0 Å². The minimum atomic E-state index is -0.304. The first kappa shape index (κ1) is 23.5. The van der Waals surface area contributed by atoms with Crippen LogP contribution in [0.3, 0.4) is 0 Å². The van der Waals surface area contributed by atoms with Crippen LogP contribution in [-0.4, -0.2) is 30.2 Å². The molecule has 0 atom stereocenters. The molecule has 4 aromatic rings. The zero-order valence-corrected chi connectivity index (χ0v) is 20.7. The van der Waals surface area contributed by atoms with Gasteiger partial charge < -0.3 is 19.5 Å². The number of rotatable bonds is 6. The summed E-state index contributed by atoms with van der Waals surface area (Å²) in [6.07, 6.45) is 1.67. The summed E-state index contributed by atoms with van der Waals surface area (Å²) in [6.45, 7) is 0. The highest BCUT2D eigenvalue weighted by Gasteiger charge is 2.13. The molecule has 0 spiro atoms. The monoisotopic (exact) mass is 537 g/mol. The summed E-state index contributed by atoms with van der Waals surface area (Å²) in [5, 5.41) is 6.65. The number of nitrogens with zero attached hydrogens (tertiary/aromatic N) is 1. The zero-order valence-electron chi connectivity index (χ0n) is 18.3. The fourth-order valence-electron chi connectivity index (χ4n) is 3.25. The molecule has 1 heterocycles. The van der Waals surface area contributed by atoms with Crippen LogP contribution >= 0.6 is 28.1 Å². The van der Waals surface area contributed by atoms with Crippen LogP contribution in [0, 0.1) is 0 Å². The van der Waals surface area contributed by atoms with Gasteiger partial charge in [-0.3, -0.25) is 15.1 Å². The Labute approximate surface area is 210 Å². The fraction of sp³-hybridized carbons (Fsp3) is 0.0800. The second-order valence-electron chi connectivity index (χ2n) is 7.05. The number of thiocarbonyl (C=S) groups is 1. The van der Waals surface area contributed by atoms with Gasteiger partial charge in [0.05, 0.1) is 25.3 Å². The van der Waals surface area contributed by atoms with E-state index >= 15 is 0 Å². The van der Waals surface area contributed by atoms with Crippen molar-refractivity contribution >= 4 is 55.8 Å². The Balaban J connectivity index is 1.45. The average molecular weight is 538 g/mol. The molecule has 1 aromatic heterocycles. The van der Waals surface area contributed by atoms with Gasteiger partial charge in [-0.1, -0.05) is 12.1 Å². The Kier molecular flexibility index (Phi) is 7.24. The van der Waals surface area contributed by atoms with Crippen LogP contribution in [0.4, 0.5) is 5.69 Å². The van der Waals surface area contributed by atoms with E-state index in [1.54, 1.807) is 75.0 Å².